The number of aryl methyl sites for hydroxylation is 1. The van der Waals surface area contributed by atoms with Gasteiger partial charge in [-0.2, -0.15) is 0 Å². The zero-order chi connectivity index (χ0) is 14.0. The summed E-state index contributed by atoms with van der Waals surface area (Å²) in [5.41, 5.74) is 4.59. The molecule has 0 atom stereocenters. The lowest BCUT2D eigenvalue weighted by Gasteiger charge is -2.49. The summed E-state index contributed by atoms with van der Waals surface area (Å²) in [6, 6.07) is 6.79. The van der Waals surface area contributed by atoms with Crippen molar-refractivity contribution in [2.24, 2.45) is 0 Å². The number of benzene rings is 1. The molecule has 2 saturated heterocycles. The molecule has 3 nitrogen and oxygen atoms in total. The van der Waals surface area contributed by atoms with E-state index in [-0.39, 0.29) is 5.54 Å². The van der Waals surface area contributed by atoms with Crippen LogP contribution in [0.3, 0.4) is 0 Å². The Labute approximate surface area is 122 Å². The van der Waals surface area contributed by atoms with Crippen molar-refractivity contribution in [1.82, 2.24) is 10.2 Å². The monoisotopic (exact) mass is 274 g/mol. The fraction of sp³-hybridized carbons (Fsp3) is 0.647. The van der Waals surface area contributed by atoms with E-state index < -0.39 is 0 Å². The zero-order valence-electron chi connectivity index (χ0n) is 12.7. The first-order chi connectivity index (χ1) is 9.74. The molecule has 2 fully saturated rings. The molecule has 110 valence electrons. The van der Waals surface area contributed by atoms with Crippen molar-refractivity contribution in [3.8, 4) is 0 Å². The van der Waals surface area contributed by atoms with Crippen LogP contribution < -0.4 is 5.32 Å². The first-order valence-corrected chi connectivity index (χ1v) is 7.84. The Bertz CT molecular complexity index is 460. The highest BCUT2D eigenvalue weighted by Crippen LogP contribution is 2.40. The van der Waals surface area contributed by atoms with Crippen molar-refractivity contribution < 1.29 is 4.74 Å². The summed E-state index contributed by atoms with van der Waals surface area (Å²) in [6.07, 6.45) is 2.24. The summed E-state index contributed by atoms with van der Waals surface area (Å²) in [7, 11) is 0. The van der Waals surface area contributed by atoms with Gasteiger partial charge < -0.3 is 10.1 Å². The maximum atomic E-state index is 5.66. The predicted molar refractivity (Wildman–Crippen MR) is 82.1 cm³/mol. The number of hydrogen-bond acceptors (Lipinski definition) is 3. The van der Waals surface area contributed by atoms with Crippen LogP contribution in [-0.4, -0.2) is 44.3 Å². The topological polar surface area (TPSA) is 24.5 Å². The normalized spacial score (nSPS) is 23.7. The number of piperazine rings is 1. The van der Waals surface area contributed by atoms with Gasteiger partial charge in [-0.25, -0.2) is 0 Å². The van der Waals surface area contributed by atoms with E-state index in [4.69, 9.17) is 4.74 Å². The van der Waals surface area contributed by atoms with E-state index in [2.05, 4.69) is 42.3 Å². The van der Waals surface area contributed by atoms with E-state index in [0.29, 0.717) is 0 Å². The van der Waals surface area contributed by atoms with E-state index in [9.17, 15) is 0 Å². The third-order valence-corrected chi connectivity index (χ3v) is 5.15. The molecule has 0 aromatic heterocycles. The minimum absolute atomic E-state index is 0.191. The minimum Gasteiger partial charge on any atom is -0.381 e. The molecular formula is C17H26N2O. The standard InChI is InChI=1S/C17H26N2O/c1-14-4-3-5-16(15(14)2)17(6-12-20-13-7-17)19-10-8-18-9-11-19/h3-5,18H,6-13H2,1-2H3. The second kappa shape index (κ2) is 5.84. The van der Waals surface area contributed by atoms with Crippen LogP contribution in [0.2, 0.25) is 0 Å². The molecule has 0 saturated carbocycles. The van der Waals surface area contributed by atoms with E-state index >= 15 is 0 Å². The van der Waals surface area contributed by atoms with Gasteiger partial charge in [-0.15, -0.1) is 0 Å². The molecule has 2 aliphatic heterocycles. The van der Waals surface area contributed by atoms with Gasteiger partial charge >= 0.3 is 0 Å². The molecule has 0 aliphatic carbocycles. The maximum Gasteiger partial charge on any atom is 0.0508 e. The minimum atomic E-state index is 0.191. The molecule has 0 radical (unpaired) electrons. The quantitative estimate of drug-likeness (QED) is 0.895. The van der Waals surface area contributed by atoms with Gasteiger partial charge in [-0.3, -0.25) is 4.90 Å². The Hall–Kier alpha value is -0.900. The van der Waals surface area contributed by atoms with Gasteiger partial charge in [0, 0.05) is 39.4 Å². The van der Waals surface area contributed by atoms with Crippen LogP contribution in [0.15, 0.2) is 18.2 Å². The van der Waals surface area contributed by atoms with Crippen LogP contribution in [-0.2, 0) is 10.3 Å². The van der Waals surface area contributed by atoms with Crippen molar-refractivity contribution in [3.05, 3.63) is 34.9 Å². The molecule has 1 aromatic rings. The van der Waals surface area contributed by atoms with Gasteiger partial charge in [-0.1, -0.05) is 18.2 Å². The van der Waals surface area contributed by atoms with Crippen LogP contribution >= 0.6 is 0 Å². The maximum absolute atomic E-state index is 5.66. The summed E-state index contributed by atoms with van der Waals surface area (Å²) in [5, 5.41) is 3.48. The summed E-state index contributed by atoms with van der Waals surface area (Å²) in [6.45, 7) is 10.8. The lowest BCUT2D eigenvalue weighted by molar-refractivity contribution is -0.0376. The fourth-order valence-corrected chi connectivity index (χ4v) is 3.81. The number of rotatable bonds is 2. The first kappa shape index (κ1) is 14.1. The molecule has 3 heteroatoms. The average Bonchev–Trinajstić information content (AvgIpc) is 2.51. The van der Waals surface area contributed by atoms with Crippen molar-refractivity contribution in [2.45, 2.75) is 32.2 Å². The van der Waals surface area contributed by atoms with E-state index in [0.717, 1.165) is 52.2 Å². The predicted octanol–water partition coefficient (Wildman–Crippen LogP) is 2.21. The highest BCUT2D eigenvalue weighted by Gasteiger charge is 2.41. The lowest BCUT2D eigenvalue weighted by Crippen LogP contribution is -2.56. The summed E-state index contributed by atoms with van der Waals surface area (Å²) >= 11 is 0. The first-order valence-electron chi connectivity index (χ1n) is 7.84. The van der Waals surface area contributed by atoms with Crippen LogP contribution in [0.25, 0.3) is 0 Å². The average molecular weight is 274 g/mol. The number of ether oxygens (including phenoxy) is 1. The molecule has 2 aliphatic rings. The summed E-state index contributed by atoms with van der Waals surface area (Å²) in [5.74, 6) is 0. The fourth-order valence-electron chi connectivity index (χ4n) is 3.81. The highest BCUT2D eigenvalue weighted by molar-refractivity contribution is 5.39. The zero-order valence-corrected chi connectivity index (χ0v) is 12.7. The Morgan fingerprint density at radius 1 is 1.10 bits per heavy atom. The summed E-state index contributed by atoms with van der Waals surface area (Å²) < 4.78 is 5.66. The van der Waals surface area contributed by atoms with E-state index in [1.54, 1.807) is 0 Å². The lowest BCUT2D eigenvalue weighted by atomic mass is 9.77. The van der Waals surface area contributed by atoms with Crippen molar-refractivity contribution in [1.29, 1.82) is 0 Å². The van der Waals surface area contributed by atoms with Crippen LogP contribution in [0.5, 0.6) is 0 Å². The van der Waals surface area contributed by atoms with Gasteiger partial charge in [0.1, 0.15) is 0 Å². The molecule has 0 spiro atoms. The number of nitrogens with zero attached hydrogens (tertiary/aromatic N) is 1. The van der Waals surface area contributed by atoms with Crippen molar-refractivity contribution in [3.63, 3.8) is 0 Å². The van der Waals surface area contributed by atoms with Gasteiger partial charge in [-0.05, 0) is 43.4 Å². The molecule has 0 amide bonds. The molecule has 3 rings (SSSR count). The van der Waals surface area contributed by atoms with Crippen LogP contribution in [0, 0.1) is 13.8 Å². The van der Waals surface area contributed by atoms with Crippen molar-refractivity contribution in [2.75, 3.05) is 39.4 Å². The van der Waals surface area contributed by atoms with E-state index in [1.807, 2.05) is 0 Å². The van der Waals surface area contributed by atoms with Crippen LogP contribution in [0.4, 0.5) is 0 Å². The number of hydrogen-bond donors (Lipinski definition) is 1. The second-order valence-corrected chi connectivity index (χ2v) is 6.13. The smallest absolute Gasteiger partial charge is 0.0508 e. The Kier molecular flexibility index (Phi) is 4.11. The van der Waals surface area contributed by atoms with Crippen molar-refractivity contribution >= 4 is 0 Å². The Morgan fingerprint density at radius 2 is 1.80 bits per heavy atom. The molecule has 0 bridgehead atoms. The second-order valence-electron chi connectivity index (χ2n) is 6.13. The Balaban J connectivity index is 2.02. The van der Waals surface area contributed by atoms with E-state index in [1.165, 1.54) is 16.7 Å². The third-order valence-electron chi connectivity index (χ3n) is 5.15. The van der Waals surface area contributed by atoms with Gasteiger partial charge in [0.2, 0.25) is 0 Å². The van der Waals surface area contributed by atoms with Gasteiger partial charge in [0.25, 0.3) is 0 Å². The SMILES string of the molecule is Cc1cccc(C2(N3CCNCC3)CCOCC2)c1C. The Morgan fingerprint density at radius 3 is 2.50 bits per heavy atom. The molecular weight excluding hydrogens is 248 g/mol. The molecule has 0 unspecified atom stereocenters. The molecule has 20 heavy (non-hydrogen) atoms. The summed E-state index contributed by atoms with van der Waals surface area (Å²) in [4.78, 5) is 2.70. The molecule has 1 aromatic carbocycles. The van der Waals surface area contributed by atoms with Gasteiger partial charge in [0.05, 0.1) is 5.54 Å². The third kappa shape index (κ3) is 2.39. The van der Waals surface area contributed by atoms with Gasteiger partial charge in [0.15, 0.2) is 0 Å². The van der Waals surface area contributed by atoms with Crippen LogP contribution in [0.1, 0.15) is 29.5 Å². The number of nitrogens with one attached hydrogen (secondary N) is 1. The molecule has 2 heterocycles. The largest absolute Gasteiger partial charge is 0.381 e. The molecule has 1 N–H and O–H groups in total. The highest BCUT2D eigenvalue weighted by atomic mass is 16.5.